The molecule has 0 amide bonds. The topological polar surface area (TPSA) is 179 Å². The highest BCUT2D eigenvalue weighted by Gasteiger charge is 2.87. The Bertz CT molecular complexity index is 664. The Kier molecular flexibility index (Phi) is 5.25. The Morgan fingerprint density at radius 3 is 1.36 bits per heavy atom. The predicted octanol–water partition coefficient (Wildman–Crippen LogP) is -2.66. The number of carbonyl (C=O) groups is 4. The first-order chi connectivity index (χ1) is 11.0. The van der Waals surface area contributed by atoms with Gasteiger partial charge in [0.1, 0.15) is 0 Å². The summed E-state index contributed by atoms with van der Waals surface area (Å²) in [5.41, 5.74) is -11.0. The van der Waals surface area contributed by atoms with Gasteiger partial charge in [-0.15, -0.1) is 0 Å². The van der Waals surface area contributed by atoms with Crippen LogP contribution in [0.2, 0.25) is 0 Å². The molecule has 1 fully saturated rings. The van der Waals surface area contributed by atoms with Crippen molar-refractivity contribution in [3.8, 4) is 0 Å². The molecule has 0 saturated carbocycles. The highest BCUT2D eigenvalue weighted by molar-refractivity contribution is 9.10. The number of rotatable bonds is 5. The summed E-state index contributed by atoms with van der Waals surface area (Å²) in [6.45, 7) is 1.21. The normalized spacial score (nSPS) is 44.2. The van der Waals surface area contributed by atoms with E-state index in [0.29, 0.717) is 27.7 Å². The van der Waals surface area contributed by atoms with Crippen molar-refractivity contribution in [2.24, 2.45) is 0 Å². The largest absolute Gasteiger partial charge is 0.392 e. The predicted molar refractivity (Wildman–Crippen MR) is 82.4 cm³/mol. The summed E-state index contributed by atoms with van der Waals surface area (Å²) in [7, 11) is 0. The highest BCUT2D eigenvalue weighted by Crippen LogP contribution is 2.56. The zero-order chi connectivity index (χ0) is 20.2. The van der Waals surface area contributed by atoms with Gasteiger partial charge in [-0.25, -0.2) is 0 Å². The quantitative estimate of drug-likeness (QED) is 0.291. The average Bonchev–Trinajstić information content (AvgIpc) is 2.49. The summed E-state index contributed by atoms with van der Waals surface area (Å²) in [4.78, 5) is 48.4. The summed E-state index contributed by atoms with van der Waals surface area (Å²) in [6, 6.07) is 0. The van der Waals surface area contributed by atoms with Gasteiger partial charge >= 0.3 is 0 Å². The molecule has 0 aromatic rings. The molecule has 1 heterocycles. The molecule has 0 unspecified atom stereocenters. The van der Waals surface area contributed by atoms with Crippen LogP contribution in [0.4, 0.5) is 0 Å². The standard InChI is InChI=1S/C14H19BrO10/c1-6(17)11(21)10(15,5-16)25-14(24,9(4)20)13(23,8(3)19)12(11,22)7(2)18/h16,21-24H,5H2,1-4H3/t10-,11-,12+,13-,14+/m0/s1. The van der Waals surface area contributed by atoms with Crippen LogP contribution >= 0.6 is 15.9 Å². The van der Waals surface area contributed by atoms with E-state index in [1.165, 1.54) is 0 Å². The smallest absolute Gasteiger partial charge is 0.268 e. The Morgan fingerprint density at radius 2 is 1.12 bits per heavy atom. The average molecular weight is 427 g/mol. The number of hydrogen-bond donors (Lipinski definition) is 5. The van der Waals surface area contributed by atoms with Crippen LogP contribution in [-0.4, -0.2) is 82.4 Å². The highest BCUT2D eigenvalue weighted by atomic mass is 79.9. The van der Waals surface area contributed by atoms with Gasteiger partial charge < -0.3 is 30.3 Å². The lowest BCUT2D eigenvalue weighted by Crippen LogP contribution is -2.92. The van der Waals surface area contributed by atoms with Crippen molar-refractivity contribution >= 4 is 39.1 Å². The molecule has 0 bridgehead atoms. The molecular formula is C14H19BrO10. The van der Waals surface area contributed by atoms with E-state index in [0.717, 1.165) is 0 Å². The van der Waals surface area contributed by atoms with E-state index in [-0.39, 0.29) is 0 Å². The van der Waals surface area contributed by atoms with Crippen molar-refractivity contribution in [1.29, 1.82) is 0 Å². The summed E-state index contributed by atoms with van der Waals surface area (Å²) in [6.07, 6.45) is 0. The van der Waals surface area contributed by atoms with Gasteiger partial charge in [0.25, 0.3) is 5.79 Å². The molecular weight excluding hydrogens is 408 g/mol. The SMILES string of the molecule is CC(=O)[C@@]1(O)[C@](O)(C(C)=O)[C@](Br)(CO)O[C@](O)(C(C)=O)[C@]1(O)C(C)=O. The lowest BCUT2D eigenvalue weighted by Gasteiger charge is -2.62. The maximum atomic E-state index is 12.2. The molecule has 25 heavy (non-hydrogen) atoms. The van der Waals surface area contributed by atoms with Gasteiger partial charge in [-0.3, -0.25) is 19.2 Å². The fourth-order valence-electron chi connectivity index (χ4n) is 3.15. The van der Waals surface area contributed by atoms with E-state index in [1.54, 1.807) is 0 Å². The second-order valence-corrected chi connectivity index (χ2v) is 7.27. The number of Topliss-reactive ketones (excluding diaryl/α,β-unsaturated/α-hetero) is 4. The molecule has 5 atom stereocenters. The number of aliphatic hydroxyl groups is 5. The molecule has 1 rings (SSSR count). The minimum Gasteiger partial charge on any atom is -0.392 e. The van der Waals surface area contributed by atoms with Gasteiger partial charge in [0.05, 0.1) is 6.61 Å². The molecule has 5 N–H and O–H groups in total. The van der Waals surface area contributed by atoms with Crippen molar-refractivity contribution in [3.05, 3.63) is 0 Å². The third-order valence-electron chi connectivity index (χ3n) is 4.60. The van der Waals surface area contributed by atoms with Gasteiger partial charge in [-0.2, -0.15) is 0 Å². The van der Waals surface area contributed by atoms with E-state index in [9.17, 15) is 44.7 Å². The Labute approximate surface area is 150 Å². The molecule has 0 spiro atoms. The van der Waals surface area contributed by atoms with Crippen LogP contribution in [0.5, 0.6) is 0 Å². The van der Waals surface area contributed by atoms with Gasteiger partial charge in [-0.1, -0.05) is 0 Å². The molecule has 1 aliphatic heterocycles. The van der Waals surface area contributed by atoms with E-state index >= 15 is 0 Å². The van der Waals surface area contributed by atoms with Gasteiger partial charge in [-0.05, 0) is 36.7 Å². The van der Waals surface area contributed by atoms with Gasteiger partial charge in [0, 0.05) is 6.92 Å². The van der Waals surface area contributed by atoms with Crippen LogP contribution < -0.4 is 0 Å². The fraction of sp³-hybridized carbons (Fsp3) is 0.714. The van der Waals surface area contributed by atoms with Crippen LogP contribution in [-0.2, 0) is 23.9 Å². The Morgan fingerprint density at radius 1 is 0.760 bits per heavy atom. The molecule has 1 saturated heterocycles. The summed E-state index contributed by atoms with van der Waals surface area (Å²) in [5.74, 6) is -9.50. The lowest BCUT2D eigenvalue weighted by molar-refractivity contribution is -0.397. The molecule has 142 valence electrons. The summed E-state index contributed by atoms with van der Waals surface area (Å²) in [5, 5.41) is 52.8. The van der Waals surface area contributed by atoms with Crippen molar-refractivity contribution in [2.45, 2.75) is 54.8 Å². The minimum absolute atomic E-state index is 0.603. The first-order valence-electron chi connectivity index (χ1n) is 6.98. The fourth-order valence-corrected chi connectivity index (χ4v) is 3.95. The molecule has 0 aromatic heterocycles. The number of aliphatic hydroxyl groups excluding tert-OH is 1. The number of hydrogen-bond acceptors (Lipinski definition) is 10. The van der Waals surface area contributed by atoms with Crippen molar-refractivity contribution in [3.63, 3.8) is 0 Å². The van der Waals surface area contributed by atoms with Crippen LogP contribution in [0.25, 0.3) is 0 Å². The first kappa shape index (κ1) is 22.0. The number of ether oxygens (including phenoxy) is 1. The minimum atomic E-state index is -3.76. The van der Waals surface area contributed by atoms with Crippen LogP contribution in [0, 0.1) is 0 Å². The van der Waals surface area contributed by atoms with Crippen molar-refractivity contribution in [1.82, 2.24) is 0 Å². The molecule has 0 radical (unpaired) electrons. The third-order valence-corrected chi connectivity index (χ3v) is 5.58. The zero-order valence-corrected chi connectivity index (χ0v) is 15.4. The maximum absolute atomic E-state index is 12.2. The van der Waals surface area contributed by atoms with Gasteiger partial charge in [0.15, 0.2) is 27.6 Å². The lowest BCUT2D eigenvalue weighted by atomic mass is 9.57. The van der Waals surface area contributed by atoms with E-state index in [2.05, 4.69) is 15.9 Å². The van der Waals surface area contributed by atoms with Crippen molar-refractivity contribution < 1.29 is 49.4 Å². The number of alkyl halides is 1. The number of halogens is 1. The summed E-state index contributed by atoms with van der Waals surface area (Å²) < 4.78 is 2.08. The van der Waals surface area contributed by atoms with Gasteiger partial charge in [0.2, 0.25) is 16.8 Å². The van der Waals surface area contributed by atoms with E-state index in [1.807, 2.05) is 0 Å². The molecule has 0 aromatic carbocycles. The maximum Gasteiger partial charge on any atom is 0.268 e. The second-order valence-electron chi connectivity index (χ2n) is 5.99. The first-order valence-corrected chi connectivity index (χ1v) is 7.77. The summed E-state index contributed by atoms with van der Waals surface area (Å²) >= 11 is 2.62. The second kappa shape index (κ2) is 5.98. The van der Waals surface area contributed by atoms with Crippen LogP contribution in [0.3, 0.4) is 0 Å². The Balaban J connectivity index is 4.19. The molecule has 11 heteroatoms. The number of ketones is 4. The van der Waals surface area contributed by atoms with Crippen LogP contribution in [0.15, 0.2) is 0 Å². The Hall–Kier alpha value is -1.08. The third kappa shape index (κ3) is 2.17. The molecule has 0 aliphatic carbocycles. The van der Waals surface area contributed by atoms with E-state index < -0.39 is 56.8 Å². The van der Waals surface area contributed by atoms with Crippen molar-refractivity contribution in [2.75, 3.05) is 6.61 Å². The van der Waals surface area contributed by atoms with E-state index in [4.69, 9.17) is 4.74 Å². The number of carbonyl (C=O) groups excluding carboxylic acids is 4. The molecule has 1 aliphatic rings. The monoisotopic (exact) mass is 426 g/mol. The van der Waals surface area contributed by atoms with Crippen LogP contribution in [0.1, 0.15) is 27.7 Å². The zero-order valence-electron chi connectivity index (χ0n) is 13.9. The molecule has 10 nitrogen and oxygen atoms in total.